The number of anilines is 2. The van der Waals surface area contributed by atoms with Crippen molar-refractivity contribution < 1.29 is 4.84 Å². The molecule has 138 valence electrons. The number of amidine groups is 1. The molecule has 1 aromatic rings. The first kappa shape index (κ1) is 17.9. The summed E-state index contributed by atoms with van der Waals surface area (Å²) in [5.41, 5.74) is 2.79. The van der Waals surface area contributed by atoms with Gasteiger partial charge in [-0.2, -0.15) is 0 Å². The standard InChI is InChI=1S/C20H32N4O/c1-14(2)21-19-13-16(20(4)23-15(3)24-25-20)11-12-18(19)22-17-9-7-5-6-8-10-17/h11-14,17,21-22H,5-10H2,1-4H3,(H,23,24). The number of oxime groups is 1. The normalized spacial score (nSPS) is 24.3. The molecule has 1 saturated carbocycles. The van der Waals surface area contributed by atoms with Gasteiger partial charge in [-0.1, -0.05) is 36.9 Å². The lowest BCUT2D eigenvalue weighted by molar-refractivity contribution is -0.0227. The van der Waals surface area contributed by atoms with Crippen molar-refractivity contribution in [1.29, 1.82) is 0 Å². The molecule has 25 heavy (non-hydrogen) atoms. The zero-order valence-corrected chi connectivity index (χ0v) is 16.0. The highest BCUT2D eigenvalue weighted by atomic mass is 16.7. The molecule has 1 fully saturated rings. The minimum atomic E-state index is -0.599. The molecule has 1 aliphatic heterocycles. The van der Waals surface area contributed by atoms with Crippen LogP contribution in [-0.2, 0) is 10.6 Å². The Morgan fingerprint density at radius 2 is 1.88 bits per heavy atom. The molecular formula is C20H32N4O. The van der Waals surface area contributed by atoms with Gasteiger partial charge in [-0.15, -0.1) is 0 Å². The third kappa shape index (κ3) is 4.39. The Kier molecular flexibility index (Phi) is 5.40. The van der Waals surface area contributed by atoms with E-state index in [0.717, 1.165) is 17.1 Å². The molecule has 0 radical (unpaired) electrons. The maximum absolute atomic E-state index is 5.63. The highest BCUT2D eigenvalue weighted by Crippen LogP contribution is 2.33. The van der Waals surface area contributed by atoms with Crippen LogP contribution in [0.3, 0.4) is 0 Å². The van der Waals surface area contributed by atoms with E-state index in [4.69, 9.17) is 4.84 Å². The van der Waals surface area contributed by atoms with Crippen molar-refractivity contribution in [3.63, 3.8) is 0 Å². The molecule has 1 aromatic carbocycles. The molecule has 1 heterocycles. The first-order valence-electron chi connectivity index (χ1n) is 9.65. The number of hydrogen-bond donors (Lipinski definition) is 3. The summed E-state index contributed by atoms with van der Waals surface area (Å²) in [6.45, 7) is 8.27. The molecule has 2 aliphatic rings. The van der Waals surface area contributed by atoms with Gasteiger partial charge in [0.1, 0.15) is 5.84 Å². The summed E-state index contributed by atoms with van der Waals surface area (Å²) in [7, 11) is 0. The summed E-state index contributed by atoms with van der Waals surface area (Å²) in [6, 6.07) is 7.43. The molecular weight excluding hydrogens is 312 g/mol. The van der Waals surface area contributed by atoms with Gasteiger partial charge in [0.05, 0.1) is 11.4 Å². The maximum atomic E-state index is 5.63. The number of nitrogens with one attached hydrogen (secondary N) is 3. The van der Waals surface area contributed by atoms with E-state index in [1.54, 1.807) is 0 Å². The van der Waals surface area contributed by atoms with Crippen LogP contribution < -0.4 is 16.0 Å². The van der Waals surface area contributed by atoms with Crippen LogP contribution in [-0.4, -0.2) is 17.9 Å². The molecule has 3 rings (SSSR count). The zero-order valence-electron chi connectivity index (χ0n) is 16.0. The monoisotopic (exact) mass is 344 g/mol. The largest absolute Gasteiger partial charge is 0.381 e. The summed E-state index contributed by atoms with van der Waals surface area (Å²) in [4.78, 5) is 5.63. The minimum Gasteiger partial charge on any atom is -0.381 e. The highest BCUT2D eigenvalue weighted by molar-refractivity contribution is 5.81. The van der Waals surface area contributed by atoms with Crippen LogP contribution in [0.1, 0.15) is 71.8 Å². The van der Waals surface area contributed by atoms with E-state index in [1.165, 1.54) is 44.2 Å². The van der Waals surface area contributed by atoms with Crippen LogP contribution in [0.25, 0.3) is 0 Å². The second-order valence-electron chi connectivity index (χ2n) is 7.82. The Bertz CT molecular complexity index is 620. The number of rotatable bonds is 5. The third-order valence-corrected chi connectivity index (χ3v) is 5.01. The molecule has 1 atom stereocenters. The lowest BCUT2D eigenvalue weighted by atomic mass is 10.0. The second-order valence-corrected chi connectivity index (χ2v) is 7.82. The van der Waals surface area contributed by atoms with Crippen molar-refractivity contribution >= 4 is 17.2 Å². The summed E-state index contributed by atoms with van der Waals surface area (Å²) < 4.78 is 0. The fourth-order valence-electron chi connectivity index (χ4n) is 3.72. The summed E-state index contributed by atoms with van der Waals surface area (Å²) >= 11 is 0. The van der Waals surface area contributed by atoms with Gasteiger partial charge in [0, 0.05) is 24.6 Å². The summed E-state index contributed by atoms with van der Waals surface area (Å²) in [6.07, 6.45) is 7.92. The first-order valence-corrected chi connectivity index (χ1v) is 9.65. The van der Waals surface area contributed by atoms with Gasteiger partial charge in [0.25, 0.3) is 0 Å². The van der Waals surface area contributed by atoms with Crippen LogP contribution in [0.15, 0.2) is 23.4 Å². The molecule has 1 aliphatic carbocycles. The Labute approximate surface area is 151 Å². The fourth-order valence-corrected chi connectivity index (χ4v) is 3.72. The average molecular weight is 345 g/mol. The van der Waals surface area contributed by atoms with E-state index >= 15 is 0 Å². The van der Waals surface area contributed by atoms with Crippen molar-refractivity contribution in [1.82, 2.24) is 5.32 Å². The van der Waals surface area contributed by atoms with Crippen molar-refractivity contribution in [3.8, 4) is 0 Å². The van der Waals surface area contributed by atoms with Crippen LogP contribution >= 0.6 is 0 Å². The Morgan fingerprint density at radius 3 is 2.48 bits per heavy atom. The molecule has 0 aromatic heterocycles. The smallest absolute Gasteiger partial charge is 0.231 e. The SMILES string of the molecule is CC1=NOC(C)(c2ccc(NC3CCCCCC3)c(NC(C)C)c2)N1. The third-order valence-electron chi connectivity index (χ3n) is 5.01. The Balaban J connectivity index is 1.82. The van der Waals surface area contributed by atoms with Gasteiger partial charge < -0.3 is 20.8 Å². The topological polar surface area (TPSA) is 57.7 Å². The van der Waals surface area contributed by atoms with Crippen molar-refractivity contribution in [3.05, 3.63) is 23.8 Å². The lowest BCUT2D eigenvalue weighted by Crippen LogP contribution is -2.38. The molecule has 3 N–H and O–H groups in total. The van der Waals surface area contributed by atoms with E-state index < -0.39 is 5.72 Å². The molecule has 0 bridgehead atoms. The molecule has 1 unspecified atom stereocenters. The van der Waals surface area contributed by atoms with Crippen molar-refractivity contribution in [2.75, 3.05) is 10.6 Å². The van der Waals surface area contributed by atoms with E-state index in [-0.39, 0.29) is 0 Å². The highest BCUT2D eigenvalue weighted by Gasteiger charge is 2.34. The molecule has 0 spiro atoms. The van der Waals surface area contributed by atoms with E-state index in [1.807, 2.05) is 13.8 Å². The predicted molar refractivity (Wildman–Crippen MR) is 105 cm³/mol. The molecule has 5 heteroatoms. The second kappa shape index (κ2) is 7.54. The molecule has 5 nitrogen and oxygen atoms in total. The number of benzene rings is 1. The zero-order chi connectivity index (χ0) is 17.9. The van der Waals surface area contributed by atoms with Gasteiger partial charge in [-0.05, 0) is 45.7 Å². The maximum Gasteiger partial charge on any atom is 0.231 e. The quantitative estimate of drug-likeness (QED) is 0.674. The Morgan fingerprint density at radius 1 is 1.16 bits per heavy atom. The van der Waals surface area contributed by atoms with E-state index in [0.29, 0.717) is 12.1 Å². The van der Waals surface area contributed by atoms with Gasteiger partial charge in [-0.25, -0.2) is 0 Å². The molecule has 0 amide bonds. The lowest BCUT2D eigenvalue weighted by Gasteiger charge is -2.27. The van der Waals surface area contributed by atoms with Gasteiger partial charge in [-0.3, -0.25) is 0 Å². The van der Waals surface area contributed by atoms with E-state index in [2.05, 4.69) is 53.2 Å². The van der Waals surface area contributed by atoms with Crippen molar-refractivity contribution in [2.45, 2.75) is 84.0 Å². The fraction of sp³-hybridized carbons (Fsp3) is 0.650. The summed E-state index contributed by atoms with van der Waals surface area (Å²) in [5.74, 6) is 0.807. The predicted octanol–water partition coefficient (Wildman–Crippen LogP) is 4.77. The van der Waals surface area contributed by atoms with E-state index in [9.17, 15) is 0 Å². The minimum absolute atomic E-state index is 0.369. The van der Waals surface area contributed by atoms with Gasteiger partial charge in [0.2, 0.25) is 5.72 Å². The van der Waals surface area contributed by atoms with Gasteiger partial charge >= 0.3 is 0 Å². The van der Waals surface area contributed by atoms with Crippen LogP contribution in [0.2, 0.25) is 0 Å². The van der Waals surface area contributed by atoms with Crippen LogP contribution in [0.4, 0.5) is 11.4 Å². The van der Waals surface area contributed by atoms with Crippen LogP contribution in [0.5, 0.6) is 0 Å². The van der Waals surface area contributed by atoms with Crippen LogP contribution in [0, 0.1) is 0 Å². The Hall–Kier alpha value is -1.91. The van der Waals surface area contributed by atoms with Gasteiger partial charge in [0.15, 0.2) is 0 Å². The summed E-state index contributed by atoms with van der Waals surface area (Å²) in [5, 5.41) is 14.7. The first-order chi connectivity index (χ1) is 12.0. The number of nitrogens with zero attached hydrogens (tertiary/aromatic N) is 1. The average Bonchev–Trinajstić information content (AvgIpc) is 2.76. The molecule has 0 saturated heterocycles. The number of hydrogen-bond acceptors (Lipinski definition) is 5. The van der Waals surface area contributed by atoms with Crippen molar-refractivity contribution in [2.24, 2.45) is 5.16 Å².